The molecule has 13 aromatic rings. The average Bonchev–Trinajstić information content (AvgIpc) is 3.81. The van der Waals surface area contributed by atoms with E-state index in [1.54, 1.807) is 0 Å². The molecule has 2 nitrogen and oxygen atoms in total. The molecule has 0 saturated heterocycles. The summed E-state index contributed by atoms with van der Waals surface area (Å²) < 4.78 is 2.43. The van der Waals surface area contributed by atoms with Crippen molar-refractivity contribution in [3.8, 4) is 16.8 Å². The number of aromatic nitrogens is 1. The molecule has 0 saturated carbocycles. The molecular weight excluding hydrogens is 785 g/mol. The van der Waals surface area contributed by atoms with E-state index in [-0.39, 0.29) is 5.41 Å². The van der Waals surface area contributed by atoms with Gasteiger partial charge in [0.2, 0.25) is 0 Å². The zero-order chi connectivity index (χ0) is 43.0. The monoisotopic (exact) mass is 826 g/mol. The molecule has 0 atom stereocenters. The highest BCUT2D eigenvalue weighted by molar-refractivity contribution is 6.34. The highest BCUT2D eigenvalue weighted by atomic mass is 15.1. The van der Waals surface area contributed by atoms with E-state index in [9.17, 15) is 0 Å². The number of para-hydroxylation sites is 3. The Bertz CT molecular complexity index is 4140. The van der Waals surface area contributed by atoms with Crippen LogP contribution in [0.4, 0.5) is 17.1 Å². The lowest BCUT2D eigenvalue weighted by Gasteiger charge is -2.28. The number of benzene rings is 12. The number of anilines is 3. The lowest BCUT2D eigenvalue weighted by Crippen LogP contribution is -2.16. The van der Waals surface area contributed by atoms with Gasteiger partial charge in [0.25, 0.3) is 0 Å². The van der Waals surface area contributed by atoms with Crippen LogP contribution < -0.4 is 4.90 Å². The van der Waals surface area contributed by atoms with Crippen LogP contribution in [0.1, 0.15) is 25.0 Å². The second kappa shape index (κ2) is 13.4. The fourth-order valence-electron chi connectivity index (χ4n) is 11.7. The van der Waals surface area contributed by atoms with E-state index in [4.69, 9.17) is 0 Å². The molecule has 12 aromatic carbocycles. The zero-order valence-electron chi connectivity index (χ0n) is 36.2. The first-order valence-electron chi connectivity index (χ1n) is 22.8. The molecule has 0 bridgehead atoms. The highest BCUT2D eigenvalue weighted by Crippen LogP contribution is 2.51. The summed E-state index contributed by atoms with van der Waals surface area (Å²) >= 11 is 0. The Kier molecular flexibility index (Phi) is 7.49. The van der Waals surface area contributed by atoms with Gasteiger partial charge in [-0.2, -0.15) is 0 Å². The minimum absolute atomic E-state index is 0.103. The molecule has 0 unspecified atom stereocenters. The Labute approximate surface area is 376 Å². The van der Waals surface area contributed by atoms with E-state index in [0.29, 0.717) is 0 Å². The van der Waals surface area contributed by atoms with Crippen LogP contribution in [-0.4, -0.2) is 4.57 Å². The predicted molar refractivity (Wildman–Crippen MR) is 278 cm³/mol. The maximum atomic E-state index is 2.50. The third kappa shape index (κ3) is 5.11. The van der Waals surface area contributed by atoms with Crippen LogP contribution >= 0.6 is 0 Å². The topological polar surface area (TPSA) is 8.17 Å². The molecular formula is C63H42N2. The van der Waals surface area contributed by atoms with Crippen molar-refractivity contribution in [2.24, 2.45) is 0 Å². The van der Waals surface area contributed by atoms with Crippen LogP contribution in [0.5, 0.6) is 0 Å². The van der Waals surface area contributed by atoms with Gasteiger partial charge in [-0.1, -0.05) is 153 Å². The Morgan fingerprint density at radius 3 is 1.43 bits per heavy atom. The van der Waals surface area contributed by atoms with Gasteiger partial charge in [-0.3, -0.25) is 0 Å². The van der Waals surface area contributed by atoms with Gasteiger partial charge >= 0.3 is 0 Å². The van der Waals surface area contributed by atoms with Crippen molar-refractivity contribution < 1.29 is 0 Å². The second-order valence-corrected chi connectivity index (χ2v) is 18.4. The molecule has 0 spiro atoms. The van der Waals surface area contributed by atoms with Crippen LogP contribution in [0.15, 0.2) is 218 Å². The Hall–Kier alpha value is -8.20. The van der Waals surface area contributed by atoms with Gasteiger partial charge in [-0.15, -0.1) is 0 Å². The van der Waals surface area contributed by atoms with E-state index in [0.717, 1.165) is 17.1 Å². The van der Waals surface area contributed by atoms with Crippen LogP contribution in [0.2, 0.25) is 0 Å². The summed E-state index contributed by atoms with van der Waals surface area (Å²) in [5.74, 6) is 0. The van der Waals surface area contributed by atoms with E-state index >= 15 is 0 Å². The van der Waals surface area contributed by atoms with Crippen LogP contribution in [0.25, 0.3) is 103 Å². The van der Waals surface area contributed by atoms with Crippen molar-refractivity contribution in [3.05, 3.63) is 230 Å². The number of fused-ring (bicyclic) bond motifs is 18. The number of nitrogens with zero attached hydrogens (tertiary/aromatic N) is 2. The molecule has 304 valence electrons. The summed E-state index contributed by atoms with van der Waals surface area (Å²) in [7, 11) is 0. The fourth-order valence-corrected chi connectivity index (χ4v) is 11.7. The predicted octanol–water partition coefficient (Wildman–Crippen LogP) is 17.5. The molecule has 0 fully saturated rings. The van der Waals surface area contributed by atoms with Crippen LogP contribution in [-0.2, 0) is 5.41 Å². The Morgan fingerprint density at radius 2 is 0.754 bits per heavy atom. The van der Waals surface area contributed by atoms with Gasteiger partial charge in [-0.05, 0) is 166 Å². The lowest BCUT2D eigenvalue weighted by molar-refractivity contribution is 0.660. The van der Waals surface area contributed by atoms with Gasteiger partial charge in [-0.25, -0.2) is 0 Å². The molecule has 0 N–H and O–H groups in total. The van der Waals surface area contributed by atoms with Crippen molar-refractivity contribution in [1.82, 2.24) is 4.57 Å². The van der Waals surface area contributed by atoms with Crippen molar-refractivity contribution in [1.29, 1.82) is 0 Å². The van der Waals surface area contributed by atoms with E-state index in [1.807, 2.05) is 0 Å². The van der Waals surface area contributed by atoms with E-state index in [2.05, 4.69) is 242 Å². The number of rotatable bonds is 4. The van der Waals surface area contributed by atoms with Gasteiger partial charge in [0.15, 0.2) is 0 Å². The average molecular weight is 827 g/mol. The first kappa shape index (κ1) is 36.3. The van der Waals surface area contributed by atoms with Gasteiger partial charge in [0.05, 0.1) is 11.0 Å². The largest absolute Gasteiger partial charge is 0.310 e. The molecule has 1 aliphatic rings. The summed E-state index contributed by atoms with van der Waals surface area (Å²) in [5, 5.41) is 17.8. The van der Waals surface area contributed by atoms with Crippen molar-refractivity contribution in [2.75, 3.05) is 4.90 Å². The lowest BCUT2D eigenvalue weighted by atomic mass is 9.82. The zero-order valence-corrected chi connectivity index (χ0v) is 36.2. The number of hydrogen-bond donors (Lipinski definition) is 0. The maximum absolute atomic E-state index is 2.50. The Balaban J connectivity index is 1.03. The smallest absolute Gasteiger partial charge is 0.0547 e. The third-order valence-corrected chi connectivity index (χ3v) is 14.7. The molecule has 1 aliphatic carbocycles. The first-order valence-corrected chi connectivity index (χ1v) is 22.8. The maximum Gasteiger partial charge on any atom is 0.0547 e. The molecule has 1 heterocycles. The Morgan fingerprint density at radius 1 is 0.292 bits per heavy atom. The molecule has 0 amide bonds. The van der Waals surface area contributed by atoms with E-state index in [1.165, 1.54) is 114 Å². The molecule has 14 rings (SSSR count). The highest BCUT2D eigenvalue weighted by Gasteiger charge is 2.35. The molecule has 1 aromatic heterocycles. The fraction of sp³-hybridized carbons (Fsp3) is 0.0476. The van der Waals surface area contributed by atoms with E-state index < -0.39 is 0 Å². The third-order valence-electron chi connectivity index (χ3n) is 14.7. The van der Waals surface area contributed by atoms with Crippen LogP contribution in [0, 0.1) is 0 Å². The minimum Gasteiger partial charge on any atom is -0.310 e. The summed E-state index contributed by atoms with van der Waals surface area (Å²) in [6.45, 7) is 4.73. The SMILES string of the molecule is CC1(C)c2ccccc2-c2ccc(N(c3ccccc3)c3ccc4c(c3)c3ccccc3c3cc5c(cc43)c3ccccc3c3cc4c(cc53)c3ccccc3n4-c3ccccc3)cc21. The molecule has 0 aliphatic heterocycles. The van der Waals surface area contributed by atoms with Crippen molar-refractivity contribution in [2.45, 2.75) is 19.3 Å². The molecule has 0 radical (unpaired) electrons. The summed E-state index contributed by atoms with van der Waals surface area (Å²) in [4.78, 5) is 2.44. The van der Waals surface area contributed by atoms with Gasteiger partial charge < -0.3 is 9.47 Å². The van der Waals surface area contributed by atoms with Crippen LogP contribution in [0.3, 0.4) is 0 Å². The van der Waals surface area contributed by atoms with Crippen molar-refractivity contribution >= 4 is 104 Å². The van der Waals surface area contributed by atoms with Crippen molar-refractivity contribution in [3.63, 3.8) is 0 Å². The molecule has 2 heteroatoms. The quantitative estimate of drug-likeness (QED) is 0.127. The standard InChI is InChI=1S/C63H42N2/c1-63(2)59-27-15-13-25-48(59)49-32-30-42(34-60(49)63)64(39-17-5-3-6-18-39)41-29-31-47-51(33-41)43-21-9-10-22-44(43)52-36-55-53(35-54(47)52)45-23-11-12-24-46(45)57-38-62-58(37-56(55)57)50-26-14-16-28-61(50)65(62)40-19-7-4-8-20-40/h3-38H,1-2H3. The van der Waals surface area contributed by atoms with Gasteiger partial charge in [0.1, 0.15) is 0 Å². The molecule has 65 heavy (non-hydrogen) atoms. The van der Waals surface area contributed by atoms with Gasteiger partial charge in [0, 0.05) is 38.9 Å². The first-order chi connectivity index (χ1) is 32.0. The normalized spacial score (nSPS) is 13.2. The number of hydrogen-bond acceptors (Lipinski definition) is 1. The summed E-state index contributed by atoms with van der Waals surface area (Å²) in [6.07, 6.45) is 0. The summed E-state index contributed by atoms with van der Waals surface area (Å²) in [6, 6.07) is 81.5. The summed E-state index contributed by atoms with van der Waals surface area (Å²) in [5.41, 5.74) is 12.4. The second-order valence-electron chi connectivity index (χ2n) is 18.4. The minimum atomic E-state index is -0.103.